The van der Waals surface area contributed by atoms with Gasteiger partial charge in [-0.15, -0.1) is 18.2 Å². The number of amides is 1. The predicted octanol–water partition coefficient (Wildman–Crippen LogP) is 6.52. The van der Waals surface area contributed by atoms with E-state index in [1.54, 1.807) is 19.3 Å². The number of fused-ring (bicyclic) bond motifs is 1. The molecule has 1 aromatic heterocycles. The first-order valence-corrected chi connectivity index (χ1v) is 12.5. The Labute approximate surface area is 233 Å². The summed E-state index contributed by atoms with van der Waals surface area (Å²) in [7, 11) is 0. The van der Waals surface area contributed by atoms with Crippen LogP contribution in [0.2, 0.25) is 0 Å². The van der Waals surface area contributed by atoms with Gasteiger partial charge in [-0.1, -0.05) is 55.5 Å². The summed E-state index contributed by atoms with van der Waals surface area (Å²) in [5, 5.41) is 6.90. The number of aromatic nitrogens is 2. The van der Waals surface area contributed by atoms with E-state index in [1.165, 1.54) is 63.4 Å². The van der Waals surface area contributed by atoms with Gasteiger partial charge in [-0.3, -0.25) is 14.8 Å². The Kier molecular flexibility index (Phi) is 8.57. The number of carbonyl (C=O) groups is 1. The molecule has 0 atom stereocenters. The third-order valence-corrected chi connectivity index (χ3v) is 7.43. The van der Waals surface area contributed by atoms with Crippen LogP contribution < -0.4 is 10.6 Å². The van der Waals surface area contributed by atoms with Gasteiger partial charge in [0.1, 0.15) is 0 Å². The van der Waals surface area contributed by atoms with Gasteiger partial charge in [0.25, 0.3) is 5.91 Å². The van der Waals surface area contributed by atoms with Crippen molar-refractivity contribution in [2.75, 3.05) is 10.6 Å². The van der Waals surface area contributed by atoms with E-state index in [9.17, 15) is 4.79 Å². The summed E-state index contributed by atoms with van der Waals surface area (Å²) in [6.07, 6.45) is 13.9. The van der Waals surface area contributed by atoms with Crippen molar-refractivity contribution in [1.29, 1.82) is 0 Å². The first-order chi connectivity index (χ1) is 16.7. The number of nitrogens with one attached hydrogen (secondary N) is 2. The SMILES string of the molecule is CC#CC(=O)Nc1[c-]c2c(Nc3ccc(C4(C5CCCCCCC5)CC4)cc3)ncnc2cc1.[Y]. The number of hydrogen-bond donors (Lipinski definition) is 2. The predicted molar refractivity (Wildman–Crippen MR) is 137 cm³/mol. The molecule has 177 valence electrons. The minimum atomic E-state index is -0.363. The van der Waals surface area contributed by atoms with E-state index in [-0.39, 0.29) is 38.6 Å². The van der Waals surface area contributed by atoms with Crippen molar-refractivity contribution in [1.82, 2.24) is 9.97 Å². The number of hydrogen-bond acceptors (Lipinski definition) is 4. The average Bonchev–Trinajstić information content (AvgIpc) is 3.62. The summed E-state index contributed by atoms with van der Waals surface area (Å²) in [4.78, 5) is 20.6. The molecule has 6 heteroatoms. The molecule has 0 unspecified atom stereocenters. The van der Waals surface area contributed by atoms with Crippen LogP contribution in [0.15, 0.2) is 42.7 Å². The van der Waals surface area contributed by atoms with E-state index in [0.29, 0.717) is 16.9 Å². The van der Waals surface area contributed by atoms with Crippen molar-refractivity contribution in [2.45, 2.75) is 70.1 Å². The summed E-state index contributed by atoms with van der Waals surface area (Å²) in [6.45, 7) is 1.63. The molecule has 0 spiro atoms. The first kappa shape index (κ1) is 25.8. The molecule has 2 fully saturated rings. The van der Waals surface area contributed by atoms with Crippen LogP contribution in [0, 0.1) is 23.8 Å². The van der Waals surface area contributed by atoms with Crippen LogP contribution >= 0.6 is 0 Å². The number of benzene rings is 2. The quantitative estimate of drug-likeness (QED) is 0.286. The molecule has 0 bridgehead atoms. The van der Waals surface area contributed by atoms with Gasteiger partial charge in [-0.25, -0.2) is 0 Å². The summed E-state index contributed by atoms with van der Waals surface area (Å²) in [5.41, 5.74) is 4.18. The fourth-order valence-corrected chi connectivity index (χ4v) is 5.52. The van der Waals surface area contributed by atoms with Crippen molar-refractivity contribution >= 4 is 34.0 Å². The van der Waals surface area contributed by atoms with Crippen LogP contribution in [0.1, 0.15) is 70.3 Å². The van der Waals surface area contributed by atoms with Gasteiger partial charge in [0.05, 0.1) is 12.1 Å². The second kappa shape index (κ2) is 11.6. The van der Waals surface area contributed by atoms with Crippen LogP contribution in [0.3, 0.4) is 0 Å². The molecule has 1 radical (unpaired) electrons. The van der Waals surface area contributed by atoms with Gasteiger partial charge in [0, 0.05) is 38.4 Å². The minimum absolute atomic E-state index is 0. The first-order valence-electron chi connectivity index (χ1n) is 12.5. The van der Waals surface area contributed by atoms with Gasteiger partial charge in [-0.05, 0) is 78.8 Å². The number of anilines is 3. The molecule has 35 heavy (non-hydrogen) atoms. The van der Waals surface area contributed by atoms with Gasteiger partial charge < -0.3 is 10.6 Å². The molecular weight excluding hydrogens is 509 g/mol. The monoisotopic (exact) mass is 540 g/mol. The fourth-order valence-electron chi connectivity index (χ4n) is 5.52. The third kappa shape index (κ3) is 5.93. The minimum Gasteiger partial charge on any atom is -0.380 e. The molecule has 5 nitrogen and oxygen atoms in total. The zero-order valence-corrected chi connectivity index (χ0v) is 23.2. The standard InChI is InChI=1S/C29H31N4O.Y/c1-2-8-27(34)32-24-15-16-26-25(19-24)28(31-20-30-26)33-23-13-11-22(12-14-23)29(17-18-29)21-9-6-4-3-5-7-10-21;/h11-16,20-21H,3-7,9-10,17-18H2,1H3,(H,32,34)(H,30,31,33);/q-1;. The molecule has 2 aromatic carbocycles. The zero-order chi connectivity index (χ0) is 23.4. The maximum absolute atomic E-state index is 11.8. The molecule has 0 aliphatic heterocycles. The molecule has 0 saturated heterocycles. The van der Waals surface area contributed by atoms with Gasteiger partial charge >= 0.3 is 0 Å². The molecule has 5 rings (SSSR count). The van der Waals surface area contributed by atoms with E-state index >= 15 is 0 Å². The van der Waals surface area contributed by atoms with Crippen molar-refractivity contribution in [2.24, 2.45) is 5.92 Å². The molecule has 2 aliphatic rings. The third-order valence-electron chi connectivity index (χ3n) is 7.43. The van der Waals surface area contributed by atoms with Crippen molar-refractivity contribution < 1.29 is 37.5 Å². The maximum atomic E-state index is 11.8. The van der Waals surface area contributed by atoms with Crippen molar-refractivity contribution in [3.8, 4) is 11.8 Å². The van der Waals surface area contributed by atoms with Crippen molar-refractivity contribution in [3.05, 3.63) is 54.4 Å². The van der Waals surface area contributed by atoms with Crippen LogP contribution in [0.4, 0.5) is 17.2 Å². The number of carbonyl (C=O) groups excluding carboxylic acids is 1. The molecule has 3 aromatic rings. The van der Waals surface area contributed by atoms with Gasteiger partial charge in [-0.2, -0.15) is 0 Å². The Morgan fingerprint density at radius 2 is 1.71 bits per heavy atom. The van der Waals surface area contributed by atoms with E-state index in [0.717, 1.165) is 22.5 Å². The Morgan fingerprint density at radius 1 is 1.00 bits per heavy atom. The zero-order valence-electron chi connectivity index (χ0n) is 20.4. The smallest absolute Gasteiger partial charge is 0.298 e. The number of rotatable bonds is 5. The molecule has 1 amide bonds. The van der Waals surface area contributed by atoms with E-state index < -0.39 is 0 Å². The molecule has 1 heterocycles. The summed E-state index contributed by atoms with van der Waals surface area (Å²) >= 11 is 0. The molecule has 2 saturated carbocycles. The number of nitrogens with zero attached hydrogens (tertiary/aromatic N) is 2. The van der Waals surface area contributed by atoms with E-state index in [4.69, 9.17) is 0 Å². The van der Waals surface area contributed by atoms with E-state index in [1.807, 2.05) is 6.07 Å². The second-order valence-electron chi connectivity index (χ2n) is 9.58. The Hall–Kier alpha value is -2.29. The molecule has 2 N–H and O–H groups in total. The summed E-state index contributed by atoms with van der Waals surface area (Å²) in [6, 6.07) is 15.8. The topological polar surface area (TPSA) is 66.9 Å². The largest absolute Gasteiger partial charge is 0.380 e. The summed E-state index contributed by atoms with van der Waals surface area (Å²) < 4.78 is 0. The fraction of sp³-hybridized carbons (Fsp3) is 0.414. The normalized spacial score (nSPS) is 17.2. The second-order valence-corrected chi connectivity index (χ2v) is 9.58. The van der Waals surface area contributed by atoms with Crippen LogP contribution in [-0.4, -0.2) is 15.9 Å². The molecular formula is C29H31N4OY-. The van der Waals surface area contributed by atoms with Gasteiger partial charge in [0.15, 0.2) is 0 Å². The Morgan fingerprint density at radius 3 is 2.40 bits per heavy atom. The van der Waals surface area contributed by atoms with Crippen LogP contribution in [0.5, 0.6) is 0 Å². The van der Waals surface area contributed by atoms with E-state index in [2.05, 4.69) is 62.8 Å². The maximum Gasteiger partial charge on any atom is 0.298 e. The average molecular weight is 541 g/mol. The molecule has 2 aliphatic carbocycles. The van der Waals surface area contributed by atoms with Gasteiger partial charge in [0.2, 0.25) is 0 Å². The Balaban J connectivity index is 0.00000289. The Bertz CT molecular complexity index is 1230. The van der Waals surface area contributed by atoms with Crippen LogP contribution in [-0.2, 0) is 42.9 Å². The van der Waals surface area contributed by atoms with Crippen LogP contribution in [0.25, 0.3) is 10.9 Å². The summed E-state index contributed by atoms with van der Waals surface area (Å²) in [5.74, 6) is 6.22. The van der Waals surface area contributed by atoms with Crippen molar-refractivity contribution in [3.63, 3.8) is 0 Å².